The summed E-state index contributed by atoms with van der Waals surface area (Å²) in [5.41, 5.74) is 0.454. The SMILES string of the molecule is CCOc1ccc2c(c1)S(=O)(=O)NC(=NCCCO)N2. The topological polar surface area (TPSA) is 100 Å². The first-order valence-corrected chi connectivity index (χ1v) is 7.77. The summed E-state index contributed by atoms with van der Waals surface area (Å²) in [6.45, 7) is 2.65. The largest absolute Gasteiger partial charge is 0.494 e. The first kappa shape index (κ1) is 14.6. The maximum absolute atomic E-state index is 12.1. The minimum Gasteiger partial charge on any atom is -0.494 e. The van der Waals surface area contributed by atoms with Crippen molar-refractivity contribution in [3.8, 4) is 5.75 Å². The first-order valence-electron chi connectivity index (χ1n) is 6.29. The van der Waals surface area contributed by atoms with Crippen LogP contribution in [0, 0.1) is 0 Å². The molecular weight excluding hydrogens is 282 g/mol. The van der Waals surface area contributed by atoms with Crippen molar-refractivity contribution in [1.29, 1.82) is 0 Å². The van der Waals surface area contributed by atoms with Crippen LogP contribution in [-0.2, 0) is 10.0 Å². The van der Waals surface area contributed by atoms with E-state index in [-0.39, 0.29) is 17.5 Å². The molecule has 20 heavy (non-hydrogen) atoms. The molecule has 0 amide bonds. The maximum Gasteiger partial charge on any atom is 0.266 e. The number of aliphatic imine (C=N–C) groups is 1. The lowest BCUT2D eigenvalue weighted by atomic mass is 10.3. The number of anilines is 1. The molecule has 8 heteroatoms. The van der Waals surface area contributed by atoms with Crippen molar-refractivity contribution in [2.24, 2.45) is 4.99 Å². The average Bonchev–Trinajstić information content (AvgIpc) is 2.40. The lowest BCUT2D eigenvalue weighted by Gasteiger charge is -2.22. The second kappa shape index (κ2) is 6.10. The van der Waals surface area contributed by atoms with Gasteiger partial charge in [0.25, 0.3) is 10.0 Å². The molecule has 110 valence electrons. The van der Waals surface area contributed by atoms with E-state index in [1.807, 2.05) is 6.92 Å². The van der Waals surface area contributed by atoms with Gasteiger partial charge in [-0.2, -0.15) is 0 Å². The number of ether oxygens (including phenoxy) is 1. The molecule has 0 saturated heterocycles. The van der Waals surface area contributed by atoms with E-state index >= 15 is 0 Å². The fraction of sp³-hybridized carbons (Fsp3) is 0.417. The summed E-state index contributed by atoms with van der Waals surface area (Å²) >= 11 is 0. The number of benzene rings is 1. The molecule has 3 N–H and O–H groups in total. The number of aliphatic hydroxyl groups is 1. The number of hydrogen-bond donors (Lipinski definition) is 3. The molecule has 7 nitrogen and oxygen atoms in total. The molecule has 1 heterocycles. The summed E-state index contributed by atoms with van der Waals surface area (Å²) in [4.78, 5) is 4.18. The van der Waals surface area contributed by atoms with Gasteiger partial charge < -0.3 is 15.2 Å². The maximum atomic E-state index is 12.1. The molecule has 1 aliphatic heterocycles. The van der Waals surface area contributed by atoms with Crippen LogP contribution in [0.25, 0.3) is 0 Å². The molecular formula is C12H17N3O4S. The van der Waals surface area contributed by atoms with Crippen LogP contribution < -0.4 is 14.8 Å². The Bertz CT molecular complexity index is 613. The normalized spacial score (nSPS) is 18.0. The quantitative estimate of drug-likeness (QED) is 0.689. The van der Waals surface area contributed by atoms with Crippen molar-refractivity contribution >= 4 is 21.7 Å². The van der Waals surface area contributed by atoms with Crippen molar-refractivity contribution in [1.82, 2.24) is 4.72 Å². The zero-order valence-electron chi connectivity index (χ0n) is 11.1. The van der Waals surface area contributed by atoms with Crippen LogP contribution in [0.5, 0.6) is 5.75 Å². The van der Waals surface area contributed by atoms with Gasteiger partial charge in [-0.15, -0.1) is 0 Å². The Kier molecular flexibility index (Phi) is 4.46. The molecule has 0 aliphatic carbocycles. The Balaban J connectivity index is 2.29. The van der Waals surface area contributed by atoms with Crippen molar-refractivity contribution < 1.29 is 18.3 Å². The van der Waals surface area contributed by atoms with Gasteiger partial charge in [0, 0.05) is 19.2 Å². The summed E-state index contributed by atoms with van der Waals surface area (Å²) < 4.78 is 31.9. The molecule has 2 rings (SSSR count). The van der Waals surface area contributed by atoms with Crippen molar-refractivity contribution in [3.05, 3.63) is 18.2 Å². The fourth-order valence-electron chi connectivity index (χ4n) is 1.75. The molecule has 0 fully saturated rings. The predicted octanol–water partition coefficient (Wildman–Crippen LogP) is 0.527. The Morgan fingerprint density at radius 2 is 2.20 bits per heavy atom. The predicted molar refractivity (Wildman–Crippen MR) is 75.6 cm³/mol. The number of rotatable bonds is 5. The average molecular weight is 299 g/mol. The second-order valence-corrected chi connectivity index (χ2v) is 5.78. The summed E-state index contributed by atoms with van der Waals surface area (Å²) in [5, 5.41) is 11.6. The lowest BCUT2D eigenvalue weighted by molar-refractivity contribution is 0.291. The molecule has 0 radical (unpaired) electrons. The van der Waals surface area contributed by atoms with Crippen LogP contribution in [0.1, 0.15) is 13.3 Å². The molecule has 0 bridgehead atoms. The molecule has 0 aromatic heterocycles. The molecule has 1 aromatic rings. The van der Waals surface area contributed by atoms with E-state index in [2.05, 4.69) is 15.0 Å². The molecule has 0 atom stereocenters. The first-order chi connectivity index (χ1) is 9.56. The van der Waals surface area contributed by atoms with Crippen LogP contribution in [0.2, 0.25) is 0 Å². The highest BCUT2D eigenvalue weighted by Crippen LogP contribution is 2.28. The minimum absolute atomic E-state index is 0.0117. The van der Waals surface area contributed by atoms with Crippen LogP contribution in [-0.4, -0.2) is 39.2 Å². The smallest absolute Gasteiger partial charge is 0.266 e. The second-order valence-electron chi connectivity index (χ2n) is 4.13. The zero-order valence-corrected chi connectivity index (χ0v) is 11.9. The van der Waals surface area contributed by atoms with E-state index in [9.17, 15) is 8.42 Å². The van der Waals surface area contributed by atoms with Crippen LogP contribution in [0.15, 0.2) is 28.1 Å². The number of guanidine groups is 1. The van der Waals surface area contributed by atoms with E-state index < -0.39 is 10.0 Å². The third-order valence-corrected chi connectivity index (χ3v) is 4.00. The highest BCUT2D eigenvalue weighted by Gasteiger charge is 2.26. The van der Waals surface area contributed by atoms with E-state index in [0.29, 0.717) is 31.0 Å². The standard InChI is InChI=1S/C12H17N3O4S/c1-2-19-9-4-5-10-11(8-9)20(17,18)15-12(14-10)13-6-3-7-16/h4-5,8,16H,2-3,6-7H2,1H3,(H2,13,14,15). The Morgan fingerprint density at radius 3 is 2.90 bits per heavy atom. The van der Waals surface area contributed by atoms with Gasteiger partial charge in [-0.05, 0) is 25.5 Å². The number of nitrogens with one attached hydrogen (secondary N) is 2. The fourth-order valence-corrected chi connectivity index (χ4v) is 2.91. The van der Waals surface area contributed by atoms with Gasteiger partial charge in [0.2, 0.25) is 5.96 Å². The van der Waals surface area contributed by atoms with E-state index in [0.717, 1.165) is 0 Å². The van der Waals surface area contributed by atoms with E-state index in [1.54, 1.807) is 12.1 Å². The van der Waals surface area contributed by atoms with Gasteiger partial charge in [0.1, 0.15) is 10.6 Å². The Morgan fingerprint density at radius 1 is 1.40 bits per heavy atom. The van der Waals surface area contributed by atoms with Crippen LogP contribution in [0.4, 0.5) is 5.69 Å². The zero-order chi connectivity index (χ0) is 14.6. The lowest BCUT2D eigenvalue weighted by Crippen LogP contribution is -2.40. The van der Waals surface area contributed by atoms with Gasteiger partial charge in [0.15, 0.2) is 0 Å². The molecule has 1 aliphatic rings. The number of nitrogens with zero attached hydrogens (tertiary/aromatic N) is 1. The summed E-state index contributed by atoms with van der Waals surface area (Å²) in [6.07, 6.45) is 0.475. The Labute approximate surface area is 117 Å². The summed E-state index contributed by atoms with van der Waals surface area (Å²) in [7, 11) is -3.65. The highest BCUT2D eigenvalue weighted by molar-refractivity contribution is 7.90. The van der Waals surface area contributed by atoms with Gasteiger partial charge in [0.05, 0.1) is 12.3 Å². The number of fused-ring (bicyclic) bond motifs is 1. The van der Waals surface area contributed by atoms with Crippen molar-refractivity contribution in [2.45, 2.75) is 18.2 Å². The van der Waals surface area contributed by atoms with E-state index in [4.69, 9.17) is 9.84 Å². The van der Waals surface area contributed by atoms with Gasteiger partial charge >= 0.3 is 0 Å². The minimum atomic E-state index is -3.65. The number of sulfonamides is 1. The van der Waals surface area contributed by atoms with Gasteiger partial charge in [-0.3, -0.25) is 4.99 Å². The van der Waals surface area contributed by atoms with Crippen LogP contribution >= 0.6 is 0 Å². The summed E-state index contributed by atoms with van der Waals surface area (Å²) in [5.74, 6) is 0.661. The third-order valence-electron chi connectivity index (χ3n) is 2.62. The van der Waals surface area contributed by atoms with Crippen molar-refractivity contribution in [3.63, 3.8) is 0 Å². The highest BCUT2D eigenvalue weighted by atomic mass is 32.2. The summed E-state index contributed by atoms with van der Waals surface area (Å²) in [6, 6.07) is 4.81. The molecule has 0 saturated carbocycles. The van der Waals surface area contributed by atoms with Crippen LogP contribution in [0.3, 0.4) is 0 Å². The van der Waals surface area contributed by atoms with Crippen molar-refractivity contribution in [2.75, 3.05) is 25.1 Å². The number of aliphatic hydroxyl groups excluding tert-OH is 1. The van der Waals surface area contributed by atoms with Gasteiger partial charge in [-0.25, -0.2) is 13.1 Å². The third kappa shape index (κ3) is 3.20. The molecule has 0 spiro atoms. The number of hydrogen-bond acceptors (Lipinski definition) is 5. The molecule has 0 unspecified atom stereocenters. The van der Waals surface area contributed by atoms with E-state index in [1.165, 1.54) is 6.07 Å². The van der Waals surface area contributed by atoms with Gasteiger partial charge in [-0.1, -0.05) is 0 Å². The molecule has 1 aromatic carbocycles. The monoisotopic (exact) mass is 299 g/mol. The Hall–Kier alpha value is -1.80.